The van der Waals surface area contributed by atoms with Crippen LogP contribution < -0.4 is 16.0 Å². The first kappa shape index (κ1) is 21.5. The lowest BCUT2D eigenvalue weighted by Gasteiger charge is -2.32. The molecule has 0 bridgehead atoms. The molecule has 1 unspecified atom stereocenters. The van der Waals surface area contributed by atoms with Crippen LogP contribution in [0.3, 0.4) is 0 Å². The zero-order valence-electron chi connectivity index (χ0n) is 17.8. The lowest BCUT2D eigenvalue weighted by molar-refractivity contribution is -0.122. The van der Waals surface area contributed by atoms with Gasteiger partial charge in [0, 0.05) is 26.1 Å². The van der Waals surface area contributed by atoms with Crippen LogP contribution in [0.5, 0.6) is 0 Å². The van der Waals surface area contributed by atoms with E-state index in [2.05, 4.69) is 10.3 Å². The first-order valence-corrected chi connectivity index (χ1v) is 10.6. The van der Waals surface area contributed by atoms with Crippen molar-refractivity contribution in [3.63, 3.8) is 0 Å². The van der Waals surface area contributed by atoms with Crippen molar-refractivity contribution in [2.75, 3.05) is 29.9 Å². The maximum absolute atomic E-state index is 12.5. The number of fused-ring (bicyclic) bond motifs is 1. The molecule has 0 saturated carbocycles. The summed E-state index contributed by atoms with van der Waals surface area (Å²) < 4.78 is 0. The Labute approximate surface area is 185 Å². The molecule has 32 heavy (non-hydrogen) atoms. The second-order valence-electron chi connectivity index (χ2n) is 8.20. The van der Waals surface area contributed by atoms with Gasteiger partial charge < -0.3 is 16.0 Å². The summed E-state index contributed by atoms with van der Waals surface area (Å²) >= 11 is 0. The molecule has 166 valence electrons. The van der Waals surface area contributed by atoms with E-state index in [1.165, 1.54) is 0 Å². The molecule has 1 atom stereocenters. The van der Waals surface area contributed by atoms with E-state index in [9.17, 15) is 19.2 Å². The van der Waals surface area contributed by atoms with Gasteiger partial charge in [-0.1, -0.05) is 11.6 Å². The van der Waals surface area contributed by atoms with Crippen LogP contribution in [0, 0.1) is 12.8 Å². The third kappa shape index (κ3) is 4.32. The van der Waals surface area contributed by atoms with Crippen molar-refractivity contribution in [1.29, 1.82) is 0 Å². The molecule has 3 N–H and O–H groups in total. The van der Waals surface area contributed by atoms with Gasteiger partial charge in [-0.05, 0) is 44.0 Å². The highest BCUT2D eigenvalue weighted by molar-refractivity contribution is 6.21. The summed E-state index contributed by atoms with van der Waals surface area (Å²) in [5.74, 6) is -0.833. The van der Waals surface area contributed by atoms with Crippen LogP contribution in [-0.2, 0) is 9.59 Å². The summed E-state index contributed by atoms with van der Waals surface area (Å²) in [6, 6.07) is 8.64. The number of nitrogens with one attached hydrogen (secondary N) is 1. The van der Waals surface area contributed by atoms with E-state index in [4.69, 9.17) is 5.73 Å². The molecule has 2 aliphatic heterocycles. The molecule has 9 nitrogen and oxygen atoms in total. The average Bonchev–Trinajstić information content (AvgIpc) is 3.02. The second-order valence-corrected chi connectivity index (χ2v) is 8.20. The molecule has 0 spiro atoms. The van der Waals surface area contributed by atoms with Gasteiger partial charge in [-0.25, -0.2) is 4.98 Å². The molecular formula is C23H25N5O4. The molecule has 1 aromatic carbocycles. The Morgan fingerprint density at radius 2 is 1.94 bits per heavy atom. The van der Waals surface area contributed by atoms with E-state index >= 15 is 0 Å². The minimum Gasteiger partial charge on any atom is -0.369 e. The van der Waals surface area contributed by atoms with Crippen molar-refractivity contribution in [2.24, 2.45) is 11.7 Å². The first-order chi connectivity index (χ1) is 15.3. The number of benzene rings is 1. The van der Waals surface area contributed by atoms with Gasteiger partial charge in [0.05, 0.1) is 28.9 Å². The fraction of sp³-hybridized carbons (Fsp3) is 0.348. The molecular weight excluding hydrogens is 410 g/mol. The molecule has 3 heterocycles. The Hall–Kier alpha value is -3.75. The van der Waals surface area contributed by atoms with Gasteiger partial charge in [0.1, 0.15) is 5.82 Å². The zero-order chi connectivity index (χ0) is 22.8. The number of hydrogen-bond acceptors (Lipinski definition) is 6. The van der Waals surface area contributed by atoms with Gasteiger partial charge in [-0.15, -0.1) is 0 Å². The molecule has 2 aromatic rings. The number of aromatic nitrogens is 1. The minimum absolute atomic E-state index is 0.00498. The van der Waals surface area contributed by atoms with Crippen molar-refractivity contribution in [3.8, 4) is 0 Å². The second kappa shape index (κ2) is 8.78. The summed E-state index contributed by atoms with van der Waals surface area (Å²) in [5, 5.41) is 2.74. The van der Waals surface area contributed by atoms with E-state index < -0.39 is 0 Å². The average molecular weight is 435 g/mol. The van der Waals surface area contributed by atoms with E-state index in [1.54, 1.807) is 36.5 Å². The standard InChI is InChI=1S/C23H25N5O4/c1-14-4-6-17-18(11-14)23(32)28(22(17)31)10-8-20(29)26-16-5-7-19(25-12-16)27-9-2-3-15(13-27)21(24)30/h4-7,11-12,15H,2-3,8-10,13H2,1H3,(H2,24,30)(H,26,29). The van der Waals surface area contributed by atoms with Crippen molar-refractivity contribution in [2.45, 2.75) is 26.2 Å². The molecule has 0 radical (unpaired) electrons. The van der Waals surface area contributed by atoms with Crippen molar-refractivity contribution in [3.05, 3.63) is 53.2 Å². The third-order valence-electron chi connectivity index (χ3n) is 5.87. The van der Waals surface area contributed by atoms with Crippen molar-refractivity contribution < 1.29 is 19.2 Å². The smallest absolute Gasteiger partial charge is 0.261 e. The summed E-state index contributed by atoms with van der Waals surface area (Å²) in [6.45, 7) is 3.19. The van der Waals surface area contributed by atoms with Crippen LogP contribution in [0.2, 0.25) is 0 Å². The number of hydrogen-bond donors (Lipinski definition) is 2. The first-order valence-electron chi connectivity index (χ1n) is 10.6. The van der Waals surface area contributed by atoms with Crippen LogP contribution in [0.1, 0.15) is 45.5 Å². The van der Waals surface area contributed by atoms with Crippen LogP contribution >= 0.6 is 0 Å². The maximum Gasteiger partial charge on any atom is 0.261 e. The number of aryl methyl sites for hydroxylation is 1. The number of rotatable bonds is 6. The monoisotopic (exact) mass is 435 g/mol. The summed E-state index contributed by atoms with van der Waals surface area (Å²) in [4.78, 5) is 56.3. The zero-order valence-corrected chi connectivity index (χ0v) is 17.8. The predicted molar refractivity (Wildman–Crippen MR) is 118 cm³/mol. The van der Waals surface area contributed by atoms with Crippen LogP contribution in [0.4, 0.5) is 11.5 Å². The predicted octanol–water partition coefficient (Wildman–Crippen LogP) is 1.72. The van der Waals surface area contributed by atoms with Gasteiger partial charge in [-0.2, -0.15) is 0 Å². The molecule has 2 aliphatic rings. The number of amides is 4. The Bertz CT molecular complexity index is 1080. The van der Waals surface area contributed by atoms with Crippen LogP contribution in [0.15, 0.2) is 36.5 Å². The van der Waals surface area contributed by atoms with E-state index in [0.29, 0.717) is 23.4 Å². The van der Waals surface area contributed by atoms with Crippen molar-refractivity contribution >= 4 is 35.1 Å². The number of nitrogens with zero attached hydrogens (tertiary/aromatic N) is 3. The number of carbonyl (C=O) groups excluding carboxylic acids is 4. The maximum atomic E-state index is 12.5. The highest BCUT2D eigenvalue weighted by atomic mass is 16.2. The Balaban J connectivity index is 1.32. The fourth-order valence-corrected chi connectivity index (χ4v) is 4.11. The van der Waals surface area contributed by atoms with Crippen LogP contribution in [0.25, 0.3) is 0 Å². The fourth-order valence-electron chi connectivity index (χ4n) is 4.11. The minimum atomic E-state index is -0.375. The molecule has 1 aromatic heterocycles. The number of pyridine rings is 1. The van der Waals surface area contributed by atoms with Gasteiger partial charge >= 0.3 is 0 Å². The summed E-state index contributed by atoms with van der Waals surface area (Å²) in [6.07, 6.45) is 3.18. The molecule has 4 amide bonds. The number of carbonyl (C=O) groups is 4. The van der Waals surface area contributed by atoms with Crippen LogP contribution in [-0.4, -0.2) is 53.1 Å². The molecule has 0 aliphatic carbocycles. The van der Waals surface area contributed by atoms with Crippen molar-refractivity contribution in [1.82, 2.24) is 9.88 Å². The highest BCUT2D eigenvalue weighted by Crippen LogP contribution is 2.25. The topological polar surface area (TPSA) is 126 Å². The molecule has 1 fully saturated rings. The van der Waals surface area contributed by atoms with E-state index in [0.717, 1.165) is 35.7 Å². The molecule has 9 heteroatoms. The quantitative estimate of drug-likeness (QED) is 0.666. The summed E-state index contributed by atoms with van der Waals surface area (Å²) in [5.41, 5.74) is 7.60. The lowest BCUT2D eigenvalue weighted by atomic mass is 9.97. The largest absolute Gasteiger partial charge is 0.369 e. The Kier molecular flexibility index (Phi) is 5.89. The molecule has 1 saturated heterocycles. The third-order valence-corrected chi connectivity index (χ3v) is 5.87. The van der Waals surface area contributed by atoms with Gasteiger partial charge in [0.2, 0.25) is 11.8 Å². The molecule has 4 rings (SSSR count). The van der Waals surface area contributed by atoms with E-state index in [1.807, 2.05) is 11.8 Å². The number of primary amides is 1. The van der Waals surface area contributed by atoms with Gasteiger partial charge in [-0.3, -0.25) is 24.1 Å². The number of anilines is 2. The normalized spacial score (nSPS) is 18.0. The Morgan fingerprint density at radius 1 is 1.16 bits per heavy atom. The number of piperidine rings is 1. The van der Waals surface area contributed by atoms with E-state index in [-0.39, 0.29) is 42.5 Å². The Morgan fingerprint density at radius 3 is 2.66 bits per heavy atom. The number of imide groups is 1. The number of nitrogens with two attached hydrogens (primary N) is 1. The van der Waals surface area contributed by atoms with Gasteiger partial charge in [0.15, 0.2) is 0 Å². The lowest BCUT2D eigenvalue weighted by Crippen LogP contribution is -2.41. The SMILES string of the molecule is Cc1ccc2c(c1)C(=O)N(CCC(=O)Nc1ccc(N3CCCC(C(N)=O)C3)nc1)C2=O. The summed E-state index contributed by atoms with van der Waals surface area (Å²) in [7, 11) is 0. The van der Waals surface area contributed by atoms with Gasteiger partial charge in [0.25, 0.3) is 11.8 Å². The highest BCUT2D eigenvalue weighted by Gasteiger charge is 2.35.